The fraction of sp³-hybridized carbons (Fsp3) is 0.310. The van der Waals surface area contributed by atoms with Gasteiger partial charge in [0.1, 0.15) is 0 Å². The highest BCUT2D eigenvalue weighted by molar-refractivity contribution is 5.95. The van der Waals surface area contributed by atoms with E-state index in [1.807, 2.05) is 48.5 Å². The Balaban J connectivity index is 1.84. The standard InChI is InChI=1S/C29H32N2O2/c1-3-7-26(8-4-2)31(20-23-13-11-22(19-30)12-14-23)21-24-15-17-25(18-16-24)27-9-5-6-10-28(27)29(32)33/h5-6,9-18,26H,3-4,7-8,20-21H2,1-2H3,(H,32,33). The summed E-state index contributed by atoms with van der Waals surface area (Å²) in [4.78, 5) is 14.1. The molecule has 0 fully saturated rings. The van der Waals surface area contributed by atoms with Crippen molar-refractivity contribution in [1.82, 2.24) is 4.90 Å². The van der Waals surface area contributed by atoms with E-state index >= 15 is 0 Å². The van der Waals surface area contributed by atoms with E-state index in [0.717, 1.165) is 49.9 Å². The van der Waals surface area contributed by atoms with Crippen molar-refractivity contribution in [2.45, 2.75) is 58.7 Å². The summed E-state index contributed by atoms with van der Waals surface area (Å²) in [6.07, 6.45) is 4.57. The number of carboxylic acids is 1. The van der Waals surface area contributed by atoms with Crippen LogP contribution in [0.1, 0.15) is 66.6 Å². The predicted molar refractivity (Wildman–Crippen MR) is 133 cm³/mol. The summed E-state index contributed by atoms with van der Waals surface area (Å²) < 4.78 is 0. The molecule has 33 heavy (non-hydrogen) atoms. The van der Waals surface area contributed by atoms with Gasteiger partial charge in [-0.3, -0.25) is 4.90 Å². The molecule has 0 aliphatic carbocycles. The van der Waals surface area contributed by atoms with E-state index < -0.39 is 5.97 Å². The maximum Gasteiger partial charge on any atom is 0.336 e. The molecule has 4 heteroatoms. The smallest absolute Gasteiger partial charge is 0.336 e. The van der Waals surface area contributed by atoms with Gasteiger partial charge >= 0.3 is 5.97 Å². The molecule has 0 heterocycles. The van der Waals surface area contributed by atoms with Crippen LogP contribution in [0.15, 0.2) is 72.8 Å². The molecule has 3 aromatic carbocycles. The molecule has 0 unspecified atom stereocenters. The van der Waals surface area contributed by atoms with E-state index in [-0.39, 0.29) is 0 Å². The van der Waals surface area contributed by atoms with Crippen LogP contribution in [0.2, 0.25) is 0 Å². The van der Waals surface area contributed by atoms with Crippen LogP contribution in [0.25, 0.3) is 11.1 Å². The highest BCUT2D eigenvalue weighted by atomic mass is 16.4. The van der Waals surface area contributed by atoms with Gasteiger partial charge in [0.15, 0.2) is 0 Å². The maximum absolute atomic E-state index is 11.6. The third-order valence-electron chi connectivity index (χ3n) is 6.04. The molecule has 0 amide bonds. The van der Waals surface area contributed by atoms with Crippen LogP contribution in [0.3, 0.4) is 0 Å². The molecule has 0 spiro atoms. The quantitative estimate of drug-likeness (QED) is 0.352. The van der Waals surface area contributed by atoms with Crippen molar-refractivity contribution in [3.8, 4) is 17.2 Å². The van der Waals surface area contributed by atoms with Crippen molar-refractivity contribution >= 4 is 5.97 Å². The lowest BCUT2D eigenvalue weighted by Gasteiger charge is -2.32. The number of benzene rings is 3. The van der Waals surface area contributed by atoms with Gasteiger partial charge < -0.3 is 5.11 Å². The minimum absolute atomic E-state index is 0.318. The van der Waals surface area contributed by atoms with Crippen molar-refractivity contribution in [3.63, 3.8) is 0 Å². The van der Waals surface area contributed by atoms with E-state index in [2.05, 4.69) is 36.9 Å². The number of nitrogens with zero attached hydrogens (tertiary/aromatic N) is 2. The monoisotopic (exact) mass is 440 g/mol. The molecule has 0 bridgehead atoms. The largest absolute Gasteiger partial charge is 0.478 e. The second-order valence-electron chi connectivity index (χ2n) is 8.49. The van der Waals surface area contributed by atoms with Crippen LogP contribution in [0, 0.1) is 11.3 Å². The van der Waals surface area contributed by atoms with Crippen molar-refractivity contribution in [1.29, 1.82) is 5.26 Å². The Hall–Kier alpha value is -3.42. The molecule has 170 valence electrons. The summed E-state index contributed by atoms with van der Waals surface area (Å²) in [5.41, 5.74) is 5.06. The lowest BCUT2D eigenvalue weighted by molar-refractivity contribution is 0.0697. The van der Waals surface area contributed by atoms with Crippen LogP contribution in [-0.4, -0.2) is 22.0 Å². The van der Waals surface area contributed by atoms with Crippen molar-refractivity contribution in [2.24, 2.45) is 0 Å². The molecule has 1 N–H and O–H groups in total. The molecule has 3 rings (SSSR count). The van der Waals surface area contributed by atoms with Crippen LogP contribution in [0.5, 0.6) is 0 Å². The average molecular weight is 441 g/mol. The molecule has 0 saturated carbocycles. The maximum atomic E-state index is 11.6. The summed E-state index contributed by atoms with van der Waals surface area (Å²) >= 11 is 0. The van der Waals surface area contributed by atoms with Gasteiger partial charge in [-0.1, -0.05) is 81.3 Å². The first kappa shape index (κ1) is 24.2. The molecule has 0 aliphatic rings. The molecule has 0 aromatic heterocycles. The molecule has 0 aliphatic heterocycles. The van der Waals surface area contributed by atoms with E-state index in [1.54, 1.807) is 12.1 Å². The molecule has 4 nitrogen and oxygen atoms in total. The topological polar surface area (TPSA) is 64.3 Å². The number of carboxylic acid groups (broad SMARTS) is 1. The number of carbonyl (C=O) groups is 1. The number of hydrogen-bond acceptors (Lipinski definition) is 3. The molecule has 0 saturated heterocycles. The number of nitriles is 1. The minimum Gasteiger partial charge on any atom is -0.478 e. The van der Waals surface area contributed by atoms with Gasteiger partial charge in [-0.05, 0) is 53.3 Å². The Labute approximate surface area is 197 Å². The molecule has 0 atom stereocenters. The zero-order chi connectivity index (χ0) is 23.6. The number of hydrogen-bond donors (Lipinski definition) is 1. The summed E-state index contributed by atoms with van der Waals surface area (Å²) in [7, 11) is 0. The highest BCUT2D eigenvalue weighted by Crippen LogP contribution is 2.26. The summed E-state index contributed by atoms with van der Waals surface area (Å²) in [6, 6.07) is 25.9. The first-order valence-electron chi connectivity index (χ1n) is 11.7. The number of aromatic carboxylic acids is 1. The second kappa shape index (κ2) is 12.0. The first-order chi connectivity index (χ1) is 16.0. The second-order valence-corrected chi connectivity index (χ2v) is 8.49. The molecular weight excluding hydrogens is 408 g/mol. The average Bonchev–Trinajstić information content (AvgIpc) is 2.84. The fourth-order valence-electron chi connectivity index (χ4n) is 4.35. The normalized spacial score (nSPS) is 11.0. The zero-order valence-electron chi connectivity index (χ0n) is 19.5. The lowest BCUT2D eigenvalue weighted by Crippen LogP contribution is -2.34. The van der Waals surface area contributed by atoms with E-state index in [4.69, 9.17) is 5.26 Å². The van der Waals surface area contributed by atoms with Gasteiger partial charge in [0.25, 0.3) is 0 Å². The number of rotatable bonds is 11. The minimum atomic E-state index is -0.912. The van der Waals surface area contributed by atoms with Crippen LogP contribution in [0.4, 0.5) is 0 Å². The lowest BCUT2D eigenvalue weighted by atomic mass is 9.98. The van der Waals surface area contributed by atoms with Gasteiger partial charge in [0.2, 0.25) is 0 Å². The predicted octanol–water partition coefficient (Wildman–Crippen LogP) is 6.89. The van der Waals surface area contributed by atoms with Gasteiger partial charge in [-0.15, -0.1) is 0 Å². The first-order valence-corrected chi connectivity index (χ1v) is 11.7. The summed E-state index contributed by atoms with van der Waals surface area (Å²) in [5, 5.41) is 18.6. The highest BCUT2D eigenvalue weighted by Gasteiger charge is 2.18. The Morgan fingerprint density at radius 3 is 1.94 bits per heavy atom. The van der Waals surface area contributed by atoms with E-state index in [9.17, 15) is 9.90 Å². The van der Waals surface area contributed by atoms with Crippen molar-refractivity contribution in [2.75, 3.05) is 0 Å². The van der Waals surface area contributed by atoms with Crippen LogP contribution < -0.4 is 0 Å². The third kappa shape index (κ3) is 6.54. The van der Waals surface area contributed by atoms with Gasteiger partial charge in [-0.25, -0.2) is 4.79 Å². The third-order valence-corrected chi connectivity index (χ3v) is 6.04. The molecule has 3 aromatic rings. The van der Waals surface area contributed by atoms with Gasteiger partial charge in [0.05, 0.1) is 17.2 Å². The van der Waals surface area contributed by atoms with Crippen molar-refractivity contribution in [3.05, 3.63) is 95.1 Å². The Bertz CT molecular complexity index is 1080. The summed E-state index contributed by atoms with van der Waals surface area (Å²) in [5.74, 6) is -0.912. The summed E-state index contributed by atoms with van der Waals surface area (Å²) in [6.45, 7) is 6.12. The SMILES string of the molecule is CCCC(CCC)N(Cc1ccc(C#N)cc1)Cc1ccc(-c2ccccc2C(=O)O)cc1. The molecular formula is C29H32N2O2. The Morgan fingerprint density at radius 2 is 1.42 bits per heavy atom. The fourth-order valence-corrected chi connectivity index (χ4v) is 4.35. The van der Waals surface area contributed by atoms with Crippen molar-refractivity contribution < 1.29 is 9.90 Å². The van der Waals surface area contributed by atoms with Gasteiger partial charge in [-0.2, -0.15) is 5.26 Å². The zero-order valence-corrected chi connectivity index (χ0v) is 19.5. The van der Waals surface area contributed by atoms with Crippen LogP contribution in [-0.2, 0) is 13.1 Å². The van der Waals surface area contributed by atoms with E-state index in [0.29, 0.717) is 17.2 Å². The van der Waals surface area contributed by atoms with Crippen LogP contribution >= 0.6 is 0 Å². The Kier molecular flexibility index (Phi) is 8.80. The Morgan fingerprint density at radius 1 is 0.879 bits per heavy atom. The molecule has 0 radical (unpaired) electrons. The van der Waals surface area contributed by atoms with E-state index in [1.165, 1.54) is 11.1 Å². The van der Waals surface area contributed by atoms with Gasteiger partial charge in [0, 0.05) is 19.1 Å².